The van der Waals surface area contributed by atoms with Crippen LogP contribution in [-0.2, 0) is 6.54 Å². The highest BCUT2D eigenvalue weighted by atomic mass is 19.1. The average Bonchev–Trinajstić information content (AvgIpc) is 2.68. The van der Waals surface area contributed by atoms with E-state index in [1.54, 1.807) is 24.4 Å². The first-order valence-corrected chi connectivity index (χ1v) is 8.33. The van der Waals surface area contributed by atoms with Crippen molar-refractivity contribution in [3.05, 3.63) is 88.6 Å². The molecule has 0 radical (unpaired) electrons. The molecule has 0 atom stereocenters. The third-order valence-electron chi connectivity index (χ3n) is 4.41. The van der Waals surface area contributed by atoms with Gasteiger partial charge in [-0.25, -0.2) is 9.37 Å². The topological polar surface area (TPSA) is 73.4 Å². The number of halogens is 1. The van der Waals surface area contributed by atoms with Crippen molar-refractivity contribution in [3.63, 3.8) is 0 Å². The van der Waals surface area contributed by atoms with Crippen molar-refractivity contribution in [2.75, 3.05) is 0 Å². The lowest BCUT2D eigenvalue weighted by atomic mass is 9.97. The van der Waals surface area contributed by atoms with Gasteiger partial charge in [-0.3, -0.25) is 4.79 Å². The van der Waals surface area contributed by atoms with Crippen molar-refractivity contribution in [2.45, 2.75) is 6.54 Å². The van der Waals surface area contributed by atoms with Crippen molar-refractivity contribution >= 4 is 10.9 Å². The highest BCUT2D eigenvalue weighted by molar-refractivity contribution is 5.91. The van der Waals surface area contributed by atoms with E-state index in [9.17, 15) is 9.18 Å². The zero-order valence-corrected chi connectivity index (χ0v) is 14.0. The molecule has 26 heavy (non-hydrogen) atoms. The SMILES string of the molecule is [NH3+]Cc1ccc(-c2nc3cc[nH]c(=O)c3cc2-c2ccccc2)c(F)c1. The normalized spacial score (nSPS) is 11.0. The number of nitrogens with one attached hydrogen (secondary N) is 1. The standard InChI is InChI=1S/C21H16FN3O/c22-18-10-13(12-23)6-7-15(18)20-16(14-4-2-1-3-5-14)11-17-19(25-20)8-9-24-21(17)26/h1-11H,12,23H2,(H,24,26)/p+1. The molecule has 0 bridgehead atoms. The van der Waals surface area contributed by atoms with Crippen LogP contribution in [0.15, 0.2) is 71.7 Å². The maximum Gasteiger partial charge on any atom is 0.257 e. The lowest BCUT2D eigenvalue weighted by molar-refractivity contribution is -0.386. The molecule has 0 saturated carbocycles. The van der Waals surface area contributed by atoms with Gasteiger partial charge in [0, 0.05) is 22.9 Å². The molecule has 2 aromatic heterocycles. The molecule has 4 N–H and O–H groups in total. The van der Waals surface area contributed by atoms with E-state index in [0.29, 0.717) is 28.7 Å². The van der Waals surface area contributed by atoms with E-state index < -0.39 is 0 Å². The summed E-state index contributed by atoms with van der Waals surface area (Å²) in [7, 11) is 0. The summed E-state index contributed by atoms with van der Waals surface area (Å²) >= 11 is 0. The average molecular weight is 346 g/mol. The lowest BCUT2D eigenvalue weighted by Crippen LogP contribution is -2.47. The minimum absolute atomic E-state index is 0.216. The van der Waals surface area contributed by atoms with E-state index in [4.69, 9.17) is 0 Å². The van der Waals surface area contributed by atoms with Gasteiger partial charge >= 0.3 is 0 Å². The van der Waals surface area contributed by atoms with Crippen LogP contribution in [0.4, 0.5) is 4.39 Å². The number of aromatic amines is 1. The molecule has 0 amide bonds. The summed E-state index contributed by atoms with van der Waals surface area (Å²) in [5.74, 6) is -0.347. The van der Waals surface area contributed by atoms with E-state index >= 15 is 0 Å². The Balaban J connectivity index is 2.06. The minimum atomic E-state index is -0.347. The van der Waals surface area contributed by atoms with Crippen LogP contribution in [0.1, 0.15) is 5.56 Å². The third kappa shape index (κ3) is 2.78. The fourth-order valence-electron chi connectivity index (χ4n) is 3.06. The number of pyridine rings is 2. The summed E-state index contributed by atoms with van der Waals surface area (Å²) in [6.07, 6.45) is 1.55. The monoisotopic (exact) mass is 346 g/mol. The van der Waals surface area contributed by atoms with Crippen molar-refractivity contribution in [3.8, 4) is 22.4 Å². The molecule has 128 valence electrons. The Bertz CT molecular complexity index is 1150. The molecule has 0 fully saturated rings. The summed E-state index contributed by atoms with van der Waals surface area (Å²) in [5.41, 5.74) is 7.45. The van der Waals surface area contributed by atoms with Crippen LogP contribution in [0, 0.1) is 5.82 Å². The highest BCUT2D eigenvalue weighted by Crippen LogP contribution is 2.34. The van der Waals surface area contributed by atoms with Gasteiger partial charge in [-0.15, -0.1) is 0 Å². The Morgan fingerprint density at radius 3 is 2.54 bits per heavy atom. The first-order valence-electron chi connectivity index (χ1n) is 8.33. The first-order chi connectivity index (χ1) is 12.7. The smallest absolute Gasteiger partial charge is 0.257 e. The summed E-state index contributed by atoms with van der Waals surface area (Å²) in [6, 6.07) is 18.1. The molecule has 2 aromatic carbocycles. The largest absolute Gasteiger partial charge is 0.354 e. The van der Waals surface area contributed by atoms with E-state index in [0.717, 1.165) is 16.7 Å². The van der Waals surface area contributed by atoms with Crippen molar-refractivity contribution in [1.29, 1.82) is 0 Å². The maximum absolute atomic E-state index is 14.8. The molecule has 5 heteroatoms. The van der Waals surface area contributed by atoms with Gasteiger partial charge in [-0.05, 0) is 29.8 Å². The molecule has 0 spiro atoms. The Morgan fingerprint density at radius 1 is 1.00 bits per heavy atom. The fraction of sp³-hybridized carbons (Fsp3) is 0.0476. The van der Waals surface area contributed by atoms with Crippen LogP contribution >= 0.6 is 0 Å². The van der Waals surface area contributed by atoms with Crippen molar-refractivity contribution < 1.29 is 10.1 Å². The molecular formula is C21H17FN3O+. The quantitative estimate of drug-likeness (QED) is 0.598. The number of hydrogen-bond donors (Lipinski definition) is 2. The zero-order valence-electron chi connectivity index (χ0n) is 14.0. The van der Waals surface area contributed by atoms with Gasteiger partial charge in [0.05, 0.1) is 23.1 Å². The predicted octanol–water partition coefficient (Wildman–Crippen LogP) is 3.14. The molecule has 2 heterocycles. The molecule has 4 nitrogen and oxygen atoms in total. The van der Waals surface area contributed by atoms with Crippen LogP contribution in [0.25, 0.3) is 33.3 Å². The number of rotatable bonds is 3. The van der Waals surface area contributed by atoms with E-state index in [1.807, 2.05) is 36.4 Å². The molecule has 0 saturated heterocycles. The number of H-pyrrole nitrogens is 1. The molecule has 4 rings (SSSR count). The number of hydrogen-bond acceptors (Lipinski definition) is 2. The third-order valence-corrected chi connectivity index (χ3v) is 4.41. The lowest BCUT2D eigenvalue weighted by Gasteiger charge is -2.12. The van der Waals surface area contributed by atoms with Crippen LogP contribution < -0.4 is 11.3 Å². The van der Waals surface area contributed by atoms with Gasteiger partial charge < -0.3 is 10.7 Å². The Hall–Kier alpha value is -3.31. The summed E-state index contributed by atoms with van der Waals surface area (Å²) in [5, 5.41) is 0.477. The Kier molecular flexibility index (Phi) is 4.07. The predicted molar refractivity (Wildman–Crippen MR) is 99.8 cm³/mol. The van der Waals surface area contributed by atoms with Crippen LogP contribution in [-0.4, -0.2) is 9.97 Å². The molecule has 0 aliphatic carbocycles. The van der Waals surface area contributed by atoms with Crippen molar-refractivity contribution in [1.82, 2.24) is 9.97 Å². The zero-order chi connectivity index (χ0) is 18.1. The number of benzene rings is 2. The van der Waals surface area contributed by atoms with Gasteiger partial charge in [0.15, 0.2) is 0 Å². The fourth-order valence-corrected chi connectivity index (χ4v) is 3.06. The number of aromatic nitrogens is 2. The van der Waals surface area contributed by atoms with E-state index in [1.165, 1.54) is 6.07 Å². The molecule has 4 aromatic rings. The summed E-state index contributed by atoms with van der Waals surface area (Å²) < 4.78 is 14.8. The van der Waals surface area contributed by atoms with Gasteiger partial charge in [-0.1, -0.05) is 36.4 Å². The van der Waals surface area contributed by atoms with Crippen LogP contribution in [0.3, 0.4) is 0 Å². The number of fused-ring (bicyclic) bond motifs is 1. The van der Waals surface area contributed by atoms with E-state index in [2.05, 4.69) is 15.7 Å². The Labute approximate surface area is 149 Å². The minimum Gasteiger partial charge on any atom is -0.354 e. The number of nitrogens with zero attached hydrogens (tertiary/aromatic N) is 1. The highest BCUT2D eigenvalue weighted by Gasteiger charge is 2.16. The van der Waals surface area contributed by atoms with Crippen LogP contribution in [0.2, 0.25) is 0 Å². The van der Waals surface area contributed by atoms with Gasteiger partial charge in [-0.2, -0.15) is 0 Å². The molecule has 0 unspecified atom stereocenters. The molecule has 0 aliphatic heterocycles. The number of quaternary nitrogens is 1. The second kappa shape index (κ2) is 6.54. The maximum atomic E-state index is 14.8. The second-order valence-corrected chi connectivity index (χ2v) is 6.05. The van der Waals surface area contributed by atoms with Gasteiger partial charge in [0.2, 0.25) is 0 Å². The second-order valence-electron chi connectivity index (χ2n) is 6.05. The first kappa shape index (κ1) is 16.2. The van der Waals surface area contributed by atoms with Crippen LogP contribution in [0.5, 0.6) is 0 Å². The summed E-state index contributed by atoms with van der Waals surface area (Å²) in [6.45, 7) is 0.517. The summed E-state index contributed by atoms with van der Waals surface area (Å²) in [4.78, 5) is 19.5. The molecular weight excluding hydrogens is 329 g/mol. The van der Waals surface area contributed by atoms with E-state index in [-0.39, 0.29) is 11.4 Å². The Morgan fingerprint density at radius 2 is 1.81 bits per heavy atom. The molecule has 0 aliphatic rings. The van der Waals surface area contributed by atoms with Gasteiger partial charge in [0.1, 0.15) is 5.82 Å². The van der Waals surface area contributed by atoms with Crippen molar-refractivity contribution in [2.24, 2.45) is 0 Å². The van der Waals surface area contributed by atoms with Gasteiger partial charge in [0.25, 0.3) is 5.56 Å².